The van der Waals surface area contributed by atoms with Gasteiger partial charge in [-0.3, -0.25) is 9.59 Å². The van der Waals surface area contributed by atoms with E-state index in [0.29, 0.717) is 6.04 Å². The minimum atomic E-state index is -0.563. The van der Waals surface area contributed by atoms with Gasteiger partial charge in [0, 0.05) is 32.2 Å². The number of carbonyl (C=O) groups excluding carboxylic acids is 2. The zero-order chi connectivity index (χ0) is 16.9. The molecule has 144 valence electrons. The van der Waals surface area contributed by atoms with Crippen molar-refractivity contribution >= 4 is 36.6 Å². The van der Waals surface area contributed by atoms with E-state index < -0.39 is 6.04 Å². The molecular formula is C16H34Cl2N4O2. The monoisotopic (exact) mass is 384 g/mol. The lowest BCUT2D eigenvalue weighted by Crippen LogP contribution is -2.51. The summed E-state index contributed by atoms with van der Waals surface area (Å²) in [7, 11) is 1.83. The molecule has 3 N–H and O–H groups in total. The van der Waals surface area contributed by atoms with Gasteiger partial charge in [-0.25, -0.2) is 0 Å². The molecule has 0 radical (unpaired) electrons. The van der Waals surface area contributed by atoms with Gasteiger partial charge in [0.1, 0.15) is 0 Å². The summed E-state index contributed by atoms with van der Waals surface area (Å²) in [5.74, 6) is -0.244. The van der Waals surface area contributed by atoms with Gasteiger partial charge in [0.15, 0.2) is 0 Å². The molecule has 1 aliphatic rings. The van der Waals surface area contributed by atoms with E-state index in [0.717, 1.165) is 25.9 Å². The molecule has 0 bridgehead atoms. The molecular weight excluding hydrogens is 351 g/mol. The topological polar surface area (TPSA) is 78.7 Å². The molecule has 8 heteroatoms. The van der Waals surface area contributed by atoms with Crippen LogP contribution in [0.4, 0.5) is 0 Å². The first kappa shape index (κ1) is 25.7. The molecule has 0 aromatic carbocycles. The van der Waals surface area contributed by atoms with Gasteiger partial charge < -0.3 is 20.9 Å². The summed E-state index contributed by atoms with van der Waals surface area (Å²) >= 11 is 0. The Morgan fingerprint density at radius 1 is 1.17 bits per heavy atom. The van der Waals surface area contributed by atoms with E-state index >= 15 is 0 Å². The quantitative estimate of drug-likeness (QED) is 0.722. The molecule has 0 aliphatic carbocycles. The van der Waals surface area contributed by atoms with Crippen molar-refractivity contribution in [3.63, 3.8) is 0 Å². The Balaban J connectivity index is 0. The van der Waals surface area contributed by atoms with Crippen LogP contribution < -0.4 is 11.1 Å². The molecule has 0 aromatic rings. The lowest BCUT2D eigenvalue weighted by Gasteiger charge is -2.38. The number of nitrogens with two attached hydrogens (primary N) is 1. The van der Waals surface area contributed by atoms with Crippen LogP contribution in [-0.4, -0.2) is 66.4 Å². The minimum Gasteiger partial charge on any atom is -0.346 e. The number of rotatable bonds is 6. The number of amides is 2. The summed E-state index contributed by atoms with van der Waals surface area (Å²) in [5.41, 5.74) is 5.77. The highest BCUT2D eigenvalue weighted by atomic mass is 35.5. The van der Waals surface area contributed by atoms with Crippen molar-refractivity contribution < 1.29 is 9.59 Å². The normalized spacial score (nSPS) is 17.0. The SMILES string of the molecule is CC(C)[C@H](N)C(=O)NCC(=O)N(C)C1CCN(C(C)C)CC1.Cl.Cl. The fraction of sp³-hybridized carbons (Fsp3) is 0.875. The Morgan fingerprint density at radius 2 is 1.67 bits per heavy atom. The minimum absolute atomic E-state index is 0. The summed E-state index contributed by atoms with van der Waals surface area (Å²) in [6.07, 6.45) is 1.97. The van der Waals surface area contributed by atoms with Crippen LogP contribution in [0.5, 0.6) is 0 Å². The maximum atomic E-state index is 12.2. The highest BCUT2D eigenvalue weighted by Crippen LogP contribution is 2.17. The van der Waals surface area contributed by atoms with Crippen LogP contribution in [0.15, 0.2) is 0 Å². The summed E-state index contributed by atoms with van der Waals surface area (Å²) < 4.78 is 0. The number of likely N-dealkylation sites (tertiary alicyclic amines) is 1. The molecule has 0 saturated carbocycles. The molecule has 2 amide bonds. The Morgan fingerprint density at radius 3 is 2.08 bits per heavy atom. The fourth-order valence-electron chi connectivity index (χ4n) is 2.70. The Hall–Kier alpha value is -0.560. The van der Waals surface area contributed by atoms with Crippen molar-refractivity contribution in [3.8, 4) is 0 Å². The molecule has 6 nitrogen and oxygen atoms in total. The maximum absolute atomic E-state index is 12.2. The van der Waals surface area contributed by atoms with Gasteiger partial charge in [0.25, 0.3) is 0 Å². The molecule has 0 spiro atoms. The lowest BCUT2D eigenvalue weighted by atomic mass is 10.0. The van der Waals surface area contributed by atoms with Crippen LogP contribution in [0.25, 0.3) is 0 Å². The smallest absolute Gasteiger partial charge is 0.241 e. The molecule has 1 aliphatic heterocycles. The predicted molar refractivity (Wildman–Crippen MR) is 103 cm³/mol. The van der Waals surface area contributed by atoms with Gasteiger partial charge in [-0.15, -0.1) is 24.8 Å². The van der Waals surface area contributed by atoms with Crippen molar-refractivity contribution in [1.82, 2.24) is 15.1 Å². The van der Waals surface area contributed by atoms with Crippen LogP contribution in [0.3, 0.4) is 0 Å². The Labute approximate surface area is 158 Å². The van der Waals surface area contributed by atoms with Crippen molar-refractivity contribution in [2.45, 2.75) is 58.7 Å². The number of hydrogen-bond donors (Lipinski definition) is 2. The summed E-state index contributed by atoms with van der Waals surface area (Å²) in [6, 6.07) is 0.254. The summed E-state index contributed by atoms with van der Waals surface area (Å²) in [5, 5.41) is 2.64. The third kappa shape index (κ3) is 7.55. The number of nitrogens with zero attached hydrogens (tertiary/aromatic N) is 2. The van der Waals surface area contributed by atoms with Gasteiger partial charge in [-0.2, -0.15) is 0 Å². The molecule has 1 saturated heterocycles. The number of nitrogens with one attached hydrogen (secondary N) is 1. The summed E-state index contributed by atoms with van der Waals surface area (Å²) in [6.45, 7) is 10.2. The van der Waals surface area contributed by atoms with Crippen molar-refractivity contribution in [2.24, 2.45) is 11.7 Å². The zero-order valence-electron chi connectivity index (χ0n) is 15.4. The first-order valence-corrected chi connectivity index (χ1v) is 8.27. The largest absolute Gasteiger partial charge is 0.346 e. The number of likely N-dealkylation sites (N-methyl/N-ethyl adjacent to an activating group) is 1. The van der Waals surface area contributed by atoms with E-state index in [1.807, 2.05) is 20.9 Å². The molecule has 1 heterocycles. The number of carbonyl (C=O) groups is 2. The van der Waals surface area contributed by atoms with Crippen LogP contribution in [0.2, 0.25) is 0 Å². The average molecular weight is 385 g/mol. The third-order valence-electron chi connectivity index (χ3n) is 4.61. The van der Waals surface area contributed by atoms with E-state index in [4.69, 9.17) is 5.73 Å². The predicted octanol–water partition coefficient (Wildman–Crippen LogP) is 1.26. The van der Waals surface area contributed by atoms with Crippen molar-refractivity contribution in [2.75, 3.05) is 26.7 Å². The maximum Gasteiger partial charge on any atom is 0.241 e. The van der Waals surface area contributed by atoms with E-state index in [1.54, 1.807) is 4.90 Å². The Bertz CT molecular complexity index is 386. The van der Waals surface area contributed by atoms with E-state index in [1.165, 1.54) is 0 Å². The van der Waals surface area contributed by atoms with Crippen molar-refractivity contribution in [3.05, 3.63) is 0 Å². The molecule has 1 atom stereocenters. The molecule has 1 rings (SSSR count). The second-order valence-corrected chi connectivity index (χ2v) is 6.85. The van der Waals surface area contributed by atoms with Crippen LogP contribution >= 0.6 is 24.8 Å². The molecule has 1 fully saturated rings. The van der Waals surface area contributed by atoms with Gasteiger partial charge in [-0.1, -0.05) is 13.8 Å². The van der Waals surface area contributed by atoms with Gasteiger partial charge in [-0.05, 0) is 32.6 Å². The fourth-order valence-corrected chi connectivity index (χ4v) is 2.70. The molecule has 0 aromatic heterocycles. The summed E-state index contributed by atoms with van der Waals surface area (Å²) in [4.78, 5) is 28.2. The van der Waals surface area contributed by atoms with Gasteiger partial charge in [0.2, 0.25) is 11.8 Å². The second-order valence-electron chi connectivity index (χ2n) is 6.85. The van der Waals surface area contributed by atoms with Crippen LogP contribution in [0, 0.1) is 5.92 Å². The first-order valence-electron chi connectivity index (χ1n) is 8.27. The second kappa shape index (κ2) is 11.9. The van der Waals surface area contributed by atoms with Crippen molar-refractivity contribution in [1.29, 1.82) is 0 Å². The Kier molecular flexibility index (Phi) is 12.7. The first-order chi connectivity index (χ1) is 10.2. The van der Waals surface area contributed by atoms with Crippen LogP contribution in [-0.2, 0) is 9.59 Å². The molecule has 24 heavy (non-hydrogen) atoms. The zero-order valence-corrected chi connectivity index (χ0v) is 17.1. The highest BCUT2D eigenvalue weighted by molar-refractivity contribution is 5.87. The number of piperidine rings is 1. The molecule has 0 unspecified atom stereocenters. The average Bonchev–Trinajstić information content (AvgIpc) is 2.50. The standard InChI is InChI=1S/C16H32N4O2.2ClH/c1-11(2)15(17)16(22)18-10-14(21)19(5)13-6-8-20(9-7-13)12(3)4;;/h11-13,15H,6-10,17H2,1-5H3,(H,18,22);2*1H/t15-;;/m0../s1. The number of hydrogen-bond acceptors (Lipinski definition) is 4. The highest BCUT2D eigenvalue weighted by Gasteiger charge is 2.26. The van der Waals surface area contributed by atoms with Gasteiger partial charge >= 0.3 is 0 Å². The van der Waals surface area contributed by atoms with E-state index in [2.05, 4.69) is 24.1 Å². The van der Waals surface area contributed by atoms with Gasteiger partial charge in [0.05, 0.1) is 12.6 Å². The van der Waals surface area contributed by atoms with E-state index in [9.17, 15) is 9.59 Å². The van der Waals surface area contributed by atoms with Crippen LogP contribution in [0.1, 0.15) is 40.5 Å². The lowest BCUT2D eigenvalue weighted by molar-refractivity contribution is -0.134. The third-order valence-corrected chi connectivity index (χ3v) is 4.61. The number of halogens is 2. The van der Waals surface area contributed by atoms with E-state index in [-0.39, 0.29) is 55.1 Å².